The summed E-state index contributed by atoms with van der Waals surface area (Å²) in [5.74, 6) is -1.78. The van der Waals surface area contributed by atoms with Gasteiger partial charge in [0.1, 0.15) is 5.75 Å². The minimum absolute atomic E-state index is 0.0414. The van der Waals surface area contributed by atoms with Crippen molar-refractivity contribution < 1.29 is 33.4 Å². The molecule has 32 heavy (non-hydrogen) atoms. The quantitative estimate of drug-likeness (QED) is 0.515. The van der Waals surface area contributed by atoms with Crippen LogP contribution in [0.1, 0.15) is 32.7 Å². The van der Waals surface area contributed by atoms with E-state index in [1.807, 2.05) is 0 Å². The van der Waals surface area contributed by atoms with Crippen molar-refractivity contribution in [2.45, 2.75) is 12.8 Å². The highest BCUT2D eigenvalue weighted by atomic mass is 16.6. The largest absolute Gasteiger partial charge is 0.482 e. The second kappa shape index (κ2) is 8.50. The molecule has 2 aromatic rings. The van der Waals surface area contributed by atoms with Gasteiger partial charge in [0.15, 0.2) is 13.2 Å². The molecule has 0 aromatic heterocycles. The van der Waals surface area contributed by atoms with Gasteiger partial charge >= 0.3 is 5.97 Å². The molecule has 2 aromatic carbocycles. The van der Waals surface area contributed by atoms with Gasteiger partial charge in [-0.25, -0.2) is 4.79 Å². The fourth-order valence-corrected chi connectivity index (χ4v) is 3.42. The molecule has 0 atom stereocenters. The smallest absolute Gasteiger partial charge is 0.344 e. The second-order valence-corrected chi connectivity index (χ2v) is 7.29. The highest BCUT2D eigenvalue weighted by Crippen LogP contribution is 2.27. The number of ether oxygens (including phenoxy) is 2. The normalized spacial score (nSPS) is 14.4. The van der Waals surface area contributed by atoms with E-state index in [0.717, 1.165) is 16.2 Å². The van der Waals surface area contributed by atoms with Crippen molar-refractivity contribution in [2.75, 3.05) is 30.9 Å². The lowest BCUT2D eigenvalue weighted by atomic mass is 10.0. The molecular weight excluding hydrogens is 418 g/mol. The first-order chi connectivity index (χ1) is 15.3. The summed E-state index contributed by atoms with van der Waals surface area (Å²) < 4.78 is 10.3. The van der Waals surface area contributed by atoms with Crippen LogP contribution in [0.15, 0.2) is 36.4 Å². The third kappa shape index (κ3) is 4.29. The molecule has 0 aliphatic carbocycles. The number of nitrogens with zero attached hydrogens (tertiary/aromatic N) is 1. The van der Waals surface area contributed by atoms with Gasteiger partial charge in [-0.3, -0.25) is 24.1 Å². The molecule has 2 aliphatic rings. The summed E-state index contributed by atoms with van der Waals surface area (Å²) in [7, 11) is 1.38. The maximum atomic E-state index is 12.1. The minimum Gasteiger partial charge on any atom is -0.482 e. The third-order valence-electron chi connectivity index (χ3n) is 5.07. The highest BCUT2D eigenvalue weighted by Gasteiger charge is 2.32. The average molecular weight is 437 g/mol. The Balaban J connectivity index is 1.25. The first kappa shape index (κ1) is 21.0. The van der Waals surface area contributed by atoms with Crippen LogP contribution in [0.4, 0.5) is 11.4 Å². The van der Waals surface area contributed by atoms with E-state index in [1.165, 1.54) is 25.2 Å². The van der Waals surface area contributed by atoms with Crippen LogP contribution in [0, 0.1) is 0 Å². The van der Waals surface area contributed by atoms with Crippen LogP contribution in [0.5, 0.6) is 5.75 Å². The van der Waals surface area contributed by atoms with Gasteiger partial charge in [-0.2, -0.15) is 0 Å². The molecule has 0 saturated carbocycles. The molecule has 0 spiro atoms. The Morgan fingerprint density at radius 2 is 1.78 bits per heavy atom. The second-order valence-electron chi connectivity index (χ2n) is 7.29. The van der Waals surface area contributed by atoms with Gasteiger partial charge in [0.25, 0.3) is 17.7 Å². The van der Waals surface area contributed by atoms with E-state index >= 15 is 0 Å². The number of amides is 4. The first-order valence-corrected chi connectivity index (χ1v) is 9.79. The number of imide groups is 1. The molecule has 4 amide bonds. The zero-order chi connectivity index (χ0) is 22.8. The van der Waals surface area contributed by atoms with Crippen molar-refractivity contribution >= 4 is 41.0 Å². The summed E-state index contributed by atoms with van der Waals surface area (Å²) >= 11 is 0. The molecule has 164 valence electrons. The Hall–Kier alpha value is -4.21. The standard InChI is InChI=1S/C22H19N3O7/c1-25-21(29)15-5-3-13(9-16(15)22(25)30)23-19(27)10-32-20(28)11-31-14-4-6-17-12(8-14)2-7-18(26)24-17/h3-6,8-9H,2,7,10-11H2,1H3,(H,23,27)(H,24,26). The number of rotatable bonds is 6. The molecule has 0 unspecified atom stereocenters. The number of hydrogen-bond donors (Lipinski definition) is 2. The van der Waals surface area contributed by atoms with Gasteiger partial charge in [-0.05, 0) is 48.4 Å². The average Bonchev–Trinajstić information content (AvgIpc) is 3.00. The predicted octanol–water partition coefficient (Wildman–Crippen LogP) is 1.36. The molecule has 0 bridgehead atoms. The fourth-order valence-electron chi connectivity index (χ4n) is 3.42. The molecular formula is C22H19N3O7. The Bertz CT molecular complexity index is 1160. The third-order valence-corrected chi connectivity index (χ3v) is 5.07. The molecule has 2 aliphatic heterocycles. The van der Waals surface area contributed by atoms with E-state index in [4.69, 9.17) is 9.47 Å². The van der Waals surface area contributed by atoms with E-state index in [0.29, 0.717) is 24.3 Å². The molecule has 10 heteroatoms. The number of carbonyl (C=O) groups excluding carboxylic acids is 5. The van der Waals surface area contributed by atoms with Crippen molar-refractivity contribution in [1.82, 2.24) is 4.90 Å². The Morgan fingerprint density at radius 1 is 1.00 bits per heavy atom. The van der Waals surface area contributed by atoms with E-state index in [2.05, 4.69) is 10.6 Å². The van der Waals surface area contributed by atoms with Gasteiger partial charge in [0, 0.05) is 24.8 Å². The molecule has 0 radical (unpaired) electrons. The van der Waals surface area contributed by atoms with Crippen LogP contribution in [-0.4, -0.2) is 54.8 Å². The lowest BCUT2D eigenvalue weighted by molar-refractivity contribution is -0.149. The Kier molecular flexibility index (Phi) is 5.59. The summed E-state index contributed by atoms with van der Waals surface area (Å²) in [6.45, 7) is -0.928. The van der Waals surface area contributed by atoms with Crippen LogP contribution in [0.2, 0.25) is 0 Å². The summed E-state index contributed by atoms with van der Waals surface area (Å²) in [5.41, 5.74) is 2.40. The SMILES string of the molecule is CN1C(=O)c2ccc(NC(=O)COC(=O)COc3ccc4c(c3)CCC(=O)N4)cc2C1=O. The summed E-state index contributed by atoms with van der Waals surface area (Å²) in [6, 6.07) is 9.42. The van der Waals surface area contributed by atoms with E-state index in [-0.39, 0.29) is 23.6 Å². The van der Waals surface area contributed by atoms with E-state index < -0.39 is 30.3 Å². The van der Waals surface area contributed by atoms with Crippen LogP contribution >= 0.6 is 0 Å². The zero-order valence-corrected chi connectivity index (χ0v) is 17.1. The van der Waals surface area contributed by atoms with E-state index in [9.17, 15) is 24.0 Å². The molecule has 4 rings (SSSR count). The topological polar surface area (TPSA) is 131 Å². The number of nitrogens with one attached hydrogen (secondary N) is 2. The van der Waals surface area contributed by atoms with Crippen molar-refractivity contribution in [3.05, 3.63) is 53.1 Å². The van der Waals surface area contributed by atoms with Gasteiger partial charge in [-0.15, -0.1) is 0 Å². The first-order valence-electron chi connectivity index (χ1n) is 9.79. The van der Waals surface area contributed by atoms with Crippen LogP contribution in [-0.2, 0) is 25.5 Å². The van der Waals surface area contributed by atoms with Gasteiger partial charge < -0.3 is 20.1 Å². The number of benzene rings is 2. The lowest BCUT2D eigenvalue weighted by Gasteiger charge is -2.17. The Labute approximate surface area is 182 Å². The predicted molar refractivity (Wildman–Crippen MR) is 111 cm³/mol. The minimum atomic E-state index is -0.734. The number of hydrogen-bond acceptors (Lipinski definition) is 7. The van der Waals surface area contributed by atoms with Crippen LogP contribution < -0.4 is 15.4 Å². The number of fused-ring (bicyclic) bond motifs is 2. The van der Waals surface area contributed by atoms with E-state index in [1.54, 1.807) is 18.2 Å². The van der Waals surface area contributed by atoms with Crippen LogP contribution in [0.25, 0.3) is 0 Å². The number of esters is 1. The van der Waals surface area contributed by atoms with Crippen molar-refractivity contribution in [3.8, 4) is 5.75 Å². The highest BCUT2D eigenvalue weighted by molar-refractivity contribution is 6.21. The van der Waals surface area contributed by atoms with Gasteiger partial charge in [-0.1, -0.05) is 0 Å². The summed E-state index contributed by atoms with van der Waals surface area (Å²) in [4.78, 5) is 60.3. The van der Waals surface area contributed by atoms with Crippen molar-refractivity contribution in [2.24, 2.45) is 0 Å². The molecule has 0 saturated heterocycles. The number of anilines is 2. The van der Waals surface area contributed by atoms with Gasteiger partial charge in [0.05, 0.1) is 11.1 Å². The number of carbonyl (C=O) groups is 5. The summed E-state index contributed by atoms with van der Waals surface area (Å²) in [5, 5.41) is 5.27. The molecule has 2 heterocycles. The molecule has 10 nitrogen and oxygen atoms in total. The molecule has 0 fully saturated rings. The fraction of sp³-hybridized carbons (Fsp3) is 0.227. The number of aryl methyl sites for hydroxylation is 1. The summed E-state index contributed by atoms with van der Waals surface area (Å²) in [6.07, 6.45) is 0.973. The lowest BCUT2D eigenvalue weighted by Crippen LogP contribution is -2.24. The monoisotopic (exact) mass is 437 g/mol. The molecule has 2 N–H and O–H groups in total. The van der Waals surface area contributed by atoms with Crippen LogP contribution in [0.3, 0.4) is 0 Å². The van der Waals surface area contributed by atoms with Crippen molar-refractivity contribution in [3.63, 3.8) is 0 Å². The van der Waals surface area contributed by atoms with Gasteiger partial charge in [0.2, 0.25) is 5.91 Å². The zero-order valence-electron chi connectivity index (χ0n) is 17.1. The maximum Gasteiger partial charge on any atom is 0.344 e. The maximum absolute atomic E-state index is 12.1. The van der Waals surface area contributed by atoms with Crippen molar-refractivity contribution in [1.29, 1.82) is 0 Å². The Morgan fingerprint density at radius 3 is 2.59 bits per heavy atom.